The summed E-state index contributed by atoms with van der Waals surface area (Å²) in [6.45, 7) is 15.4. The molecular formula is C29H42N6O3Si2. The highest BCUT2D eigenvalue weighted by Crippen LogP contribution is 2.34. The summed E-state index contributed by atoms with van der Waals surface area (Å²) in [5.74, 6) is 2.88. The molecule has 1 aliphatic heterocycles. The van der Waals surface area contributed by atoms with E-state index in [2.05, 4.69) is 67.1 Å². The number of piperidine rings is 1. The molecule has 3 heterocycles. The van der Waals surface area contributed by atoms with E-state index < -0.39 is 22.2 Å². The van der Waals surface area contributed by atoms with Crippen molar-refractivity contribution in [3.63, 3.8) is 0 Å². The lowest BCUT2D eigenvalue weighted by molar-refractivity contribution is -0.135. The second-order valence-electron chi connectivity index (χ2n) is 13.3. The number of nitrogens with zero attached hydrogens (tertiary/aromatic N) is 5. The van der Waals surface area contributed by atoms with Crippen molar-refractivity contribution in [1.82, 2.24) is 24.8 Å². The summed E-state index contributed by atoms with van der Waals surface area (Å²) in [5, 5.41) is 12.3. The number of hydrogen-bond donors (Lipinski definition) is 1. The van der Waals surface area contributed by atoms with Gasteiger partial charge in [-0.1, -0.05) is 45.2 Å². The zero-order chi connectivity index (χ0) is 29.1. The van der Waals surface area contributed by atoms with Crippen molar-refractivity contribution in [1.29, 1.82) is 5.26 Å². The van der Waals surface area contributed by atoms with E-state index >= 15 is 0 Å². The molecule has 0 spiro atoms. The van der Waals surface area contributed by atoms with Gasteiger partial charge in [0.2, 0.25) is 5.91 Å². The van der Waals surface area contributed by atoms with Crippen molar-refractivity contribution in [2.45, 2.75) is 83.8 Å². The molecule has 1 aliphatic carbocycles. The van der Waals surface area contributed by atoms with Crippen LogP contribution in [0.2, 0.25) is 45.3 Å². The first kappa shape index (κ1) is 30.0. The Balaban J connectivity index is 1.58. The van der Waals surface area contributed by atoms with Gasteiger partial charge in [-0.3, -0.25) is 9.59 Å². The van der Waals surface area contributed by atoms with Crippen molar-refractivity contribution in [2.24, 2.45) is 11.8 Å². The van der Waals surface area contributed by atoms with Gasteiger partial charge in [-0.2, -0.15) is 5.26 Å². The fourth-order valence-electron chi connectivity index (χ4n) is 4.62. The Morgan fingerprint density at radius 1 is 1.15 bits per heavy atom. The Bertz CT molecular complexity index is 1350. The van der Waals surface area contributed by atoms with Crippen molar-refractivity contribution >= 4 is 39.1 Å². The number of rotatable bonds is 9. The van der Waals surface area contributed by atoms with Gasteiger partial charge >= 0.3 is 0 Å². The summed E-state index contributed by atoms with van der Waals surface area (Å²) in [5.41, 5.74) is 5.23. The molecule has 0 bridgehead atoms. The van der Waals surface area contributed by atoms with Crippen LogP contribution in [0.5, 0.6) is 0 Å². The number of nitriles is 1. The van der Waals surface area contributed by atoms with E-state index in [0.717, 1.165) is 18.9 Å². The van der Waals surface area contributed by atoms with E-state index in [1.165, 1.54) is 0 Å². The van der Waals surface area contributed by atoms with Gasteiger partial charge in [-0.05, 0) is 37.6 Å². The molecule has 1 saturated carbocycles. The Hall–Kier alpha value is -3.00. The smallest absolute Gasteiger partial charge is 0.255 e. The van der Waals surface area contributed by atoms with Gasteiger partial charge in [0, 0.05) is 39.9 Å². The molecule has 1 N–H and O–H groups in total. The van der Waals surface area contributed by atoms with E-state index in [1.54, 1.807) is 17.3 Å². The maximum Gasteiger partial charge on any atom is 0.255 e. The summed E-state index contributed by atoms with van der Waals surface area (Å²) in [6.07, 6.45) is 6.56. The highest BCUT2D eigenvalue weighted by atomic mass is 28.3. The molecule has 2 aromatic heterocycles. The van der Waals surface area contributed by atoms with Crippen LogP contribution in [0.25, 0.3) is 11.2 Å². The van der Waals surface area contributed by atoms with E-state index in [-0.39, 0.29) is 30.4 Å². The van der Waals surface area contributed by atoms with Crippen LogP contribution in [-0.4, -0.2) is 73.1 Å². The molecular weight excluding hydrogens is 537 g/mol. The third-order valence-corrected chi connectivity index (χ3v) is 9.82. The number of likely N-dealkylation sites (tertiary alicyclic amines) is 1. The highest BCUT2D eigenvalue weighted by Gasteiger charge is 2.40. The quantitative estimate of drug-likeness (QED) is 0.271. The number of carbonyl (C=O) groups is 2. The van der Waals surface area contributed by atoms with Crippen LogP contribution in [-0.2, 0) is 16.3 Å². The fraction of sp³-hybridized carbons (Fsp3) is 0.621. The monoisotopic (exact) mass is 578 g/mol. The standard InChI is InChI=1S/C29H42N6O3Si2/c1-39(2,3)15-11-23-18-31-27-26(32-23)24(19-35(27)20-38-14-16-40(4,5)6)28(36)33-25(22-7-8-22)29(37)34-12-9-21(17-30)10-13-34/h18-19,21-22,25H,7-10,12-14,16,20H2,1-6H3,(H,33,36)/t25-/m1/s1. The first-order chi connectivity index (χ1) is 18.8. The minimum absolute atomic E-state index is 0.00562. The minimum atomic E-state index is -1.63. The molecule has 0 aromatic carbocycles. The summed E-state index contributed by atoms with van der Waals surface area (Å²) < 4.78 is 7.79. The Labute approximate surface area is 239 Å². The van der Waals surface area contributed by atoms with E-state index in [9.17, 15) is 14.9 Å². The molecule has 1 saturated heterocycles. The summed E-state index contributed by atoms with van der Waals surface area (Å²) in [6, 6.07) is 2.77. The molecule has 2 aliphatic rings. The SMILES string of the molecule is C[Si](C)(C)C#Cc1cnc2c(n1)c(C(=O)N[C@@H](C(=O)N1CCC(C#N)CC1)C1CC1)cn2COCC[Si](C)(C)C. The van der Waals surface area contributed by atoms with Crippen LogP contribution in [0, 0.1) is 34.6 Å². The molecule has 2 fully saturated rings. The van der Waals surface area contributed by atoms with E-state index in [1.807, 2.05) is 4.57 Å². The molecule has 214 valence electrons. The second kappa shape index (κ2) is 12.3. The molecule has 11 heteroatoms. The second-order valence-corrected chi connectivity index (χ2v) is 23.7. The number of fused-ring (bicyclic) bond motifs is 1. The van der Waals surface area contributed by atoms with Crippen LogP contribution in [0.3, 0.4) is 0 Å². The van der Waals surface area contributed by atoms with Gasteiger partial charge in [0.05, 0.1) is 17.8 Å². The molecule has 40 heavy (non-hydrogen) atoms. The van der Waals surface area contributed by atoms with Crippen molar-refractivity contribution < 1.29 is 14.3 Å². The topological polar surface area (TPSA) is 113 Å². The fourth-order valence-corrected chi connectivity index (χ4v) is 5.88. The molecule has 4 rings (SSSR count). The average Bonchev–Trinajstić information content (AvgIpc) is 3.68. The van der Waals surface area contributed by atoms with Crippen molar-refractivity contribution in [2.75, 3.05) is 19.7 Å². The van der Waals surface area contributed by atoms with Gasteiger partial charge in [0.1, 0.15) is 32.1 Å². The number of hydrogen-bond acceptors (Lipinski definition) is 6. The van der Waals surface area contributed by atoms with Gasteiger partial charge in [-0.15, -0.1) is 5.54 Å². The average molecular weight is 579 g/mol. The molecule has 2 aromatic rings. The predicted molar refractivity (Wildman–Crippen MR) is 161 cm³/mol. The zero-order valence-electron chi connectivity index (χ0n) is 24.7. The summed E-state index contributed by atoms with van der Waals surface area (Å²) in [4.78, 5) is 38.3. The number of aromatic nitrogens is 3. The minimum Gasteiger partial charge on any atom is -0.361 e. The van der Waals surface area contributed by atoms with Gasteiger partial charge < -0.3 is 19.5 Å². The first-order valence-corrected chi connectivity index (χ1v) is 21.5. The van der Waals surface area contributed by atoms with Crippen LogP contribution in [0.15, 0.2) is 12.4 Å². The number of ether oxygens (including phenoxy) is 1. The van der Waals surface area contributed by atoms with Crippen LogP contribution >= 0.6 is 0 Å². The van der Waals surface area contributed by atoms with Gasteiger partial charge in [0.15, 0.2) is 5.65 Å². The zero-order valence-corrected chi connectivity index (χ0v) is 26.7. The van der Waals surface area contributed by atoms with E-state index in [0.29, 0.717) is 55.0 Å². The lowest BCUT2D eigenvalue weighted by atomic mass is 9.97. The van der Waals surface area contributed by atoms with Gasteiger partial charge in [-0.25, -0.2) is 9.97 Å². The number of amides is 2. The number of nitrogens with one attached hydrogen (secondary N) is 1. The lowest BCUT2D eigenvalue weighted by Crippen LogP contribution is -2.51. The Kier molecular flexibility index (Phi) is 9.18. The molecule has 0 unspecified atom stereocenters. The highest BCUT2D eigenvalue weighted by molar-refractivity contribution is 6.83. The van der Waals surface area contributed by atoms with Gasteiger partial charge in [0.25, 0.3) is 5.91 Å². The van der Waals surface area contributed by atoms with E-state index in [4.69, 9.17) is 9.72 Å². The largest absolute Gasteiger partial charge is 0.361 e. The lowest BCUT2D eigenvalue weighted by Gasteiger charge is -2.32. The van der Waals surface area contributed by atoms with Crippen LogP contribution in [0.4, 0.5) is 0 Å². The third kappa shape index (κ3) is 8.03. The normalized spacial score (nSPS) is 17.2. The molecule has 9 nitrogen and oxygen atoms in total. The predicted octanol–water partition coefficient (Wildman–Crippen LogP) is 4.24. The Morgan fingerprint density at radius 3 is 2.45 bits per heavy atom. The molecule has 0 radical (unpaired) electrons. The maximum absolute atomic E-state index is 13.7. The molecule has 1 atom stereocenters. The van der Waals surface area contributed by atoms with Crippen molar-refractivity contribution in [3.05, 3.63) is 23.7 Å². The third-order valence-electron chi connectivity index (χ3n) is 7.24. The van der Waals surface area contributed by atoms with Crippen molar-refractivity contribution in [3.8, 4) is 17.5 Å². The molecule has 2 amide bonds. The first-order valence-electron chi connectivity index (χ1n) is 14.3. The maximum atomic E-state index is 13.7. The van der Waals surface area contributed by atoms with Crippen LogP contribution < -0.4 is 5.32 Å². The summed E-state index contributed by atoms with van der Waals surface area (Å²) in [7, 11) is -2.87. The Morgan fingerprint density at radius 2 is 1.85 bits per heavy atom. The van der Waals surface area contributed by atoms with Crippen LogP contribution in [0.1, 0.15) is 41.7 Å². The summed E-state index contributed by atoms with van der Waals surface area (Å²) >= 11 is 0. The number of carbonyl (C=O) groups excluding carboxylic acids is 2.